The third-order valence-corrected chi connectivity index (χ3v) is 6.98. The van der Waals surface area contributed by atoms with Gasteiger partial charge in [-0.2, -0.15) is 0 Å². The summed E-state index contributed by atoms with van der Waals surface area (Å²) < 4.78 is 2.34. The van der Waals surface area contributed by atoms with Crippen LogP contribution in [0.2, 0.25) is 0 Å². The number of para-hydroxylation sites is 1. The smallest absolute Gasteiger partial charge is 0.0535 e. The van der Waals surface area contributed by atoms with E-state index < -0.39 is 0 Å². The van der Waals surface area contributed by atoms with E-state index in [2.05, 4.69) is 116 Å². The molecule has 6 rings (SSSR count). The molecular formula is C32H26N2. The summed E-state index contributed by atoms with van der Waals surface area (Å²) in [5.41, 5.74) is 18.2. The Kier molecular flexibility index (Phi) is 4.74. The minimum Gasteiger partial charge on any atom is -0.405 e. The molecule has 1 aliphatic carbocycles. The number of aryl methyl sites for hydroxylation is 1. The molecule has 0 bridgehead atoms. The van der Waals surface area contributed by atoms with Gasteiger partial charge < -0.3 is 10.3 Å². The molecule has 2 nitrogen and oxygen atoms in total. The van der Waals surface area contributed by atoms with E-state index in [9.17, 15) is 0 Å². The Bertz CT molecular complexity index is 1660. The van der Waals surface area contributed by atoms with Gasteiger partial charge >= 0.3 is 0 Å². The summed E-state index contributed by atoms with van der Waals surface area (Å²) >= 11 is 0. The van der Waals surface area contributed by atoms with E-state index in [1.165, 1.54) is 66.3 Å². The highest BCUT2D eigenvalue weighted by molar-refractivity contribution is 6.13. The Morgan fingerprint density at radius 2 is 1.47 bits per heavy atom. The van der Waals surface area contributed by atoms with Gasteiger partial charge in [0.1, 0.15) is 0 Å². The van der Waals surface area contributed by atoms with Crippen LogP contribution in [0, 0.1) is 6.92 Å². The number of hydrogen-bond donors (Lipinski definition) is 1. The van der Waals surface area contributed by atoms with Crippen LogP contribution in [0.25, 0.3) is 50.3 Å². The summed E-state index contributed by atoms with van der Waals surface area (Å²) in [6, 6.07) is 32.6. The van der Waals surface area contributed by atoms with Crippen molar-refractivity contribution < 1.29 is 0 Å². The van der Waals surface area contributed by atoms with Crippen LogP contribution in [0.5, 0.6) is 0 Å². The molecule has 5 aromatic rings. The maximum Gasteiger partial charge on any atom is 0.0535 e. The van der Waals surface area contributed by atoms with Crippen molar-refractivity contribution in [2.45, 2.75) is 13.8 Å². The number of hydrogen-bond acceptors (Lipinski definition) is 1. The van der Waals surface area contributed by atoms with Crippen LogP contribution in [-0.4, -0.2) is 4.57 Å². The van der Waals surface area contributed by atoms with E-state index in [0.29, 0.717) is 0 Å². The maximum atomic E-state index is 5.88. The Morgan fingerprint density at radius 1 is 0.706 bits per heavy atom. The van der Waals surface area contributed by atoms with Crippen LogP contribution in [0.4, 0.5) is 0 Å². The molecule has 1 heterocycles. The third kappa shape index (κ3) is 3.03. The van der Waals surface area contributed by atoms with E-state index in [4.69, 9.17) is 5.73 Å². The van der Waals surface area contributed by atoms with Crippen molar-refractivity contribution in [3.63, 3.8) is 0 Å². The van der Waals surface area contributed by atoms with Crippen molar-refractivity contribution in [1.29, 1.82) is 0 Å². The molecule has 0 saturated carbocycles. The van der Waals surface area contributed by atoms with Crippen molar-refractivity contribution in [2.24, 2.45) is 5.73 Å². The molecule has 0 atom stereocenters. The monoisotopic (exact) mass is 438 g/mol. The molecule has 0 unspecified atom stereocenters. The second-order valence-corrected chi connectivity index (χ2v) is 8.92. The van der Waals surface area contributed by atoms with Gasteiger partial charge in [-0.3, -0.25) is 0 Å². The molecule has 0 radical (unpaired) electrons. The predicted molar refractivity (Wildman–Crippen MR) is 146 cm³/mol. The second-order valence-electron chi connectivity index (χ2n) is 8.92. The average molecular weight is 439 g/mol. The van der Waals surface area contributed by atoms with Gasteiger partial charge in [0.15, 0.2) is 0 Å². The van der Waals surface area contributed by atoms with Gasteiger partial charge in [-0.15, -0.1) is 0 Å². The minimum absolute atomic E-state index is 1.18. The molecule has 1 aliphatic rings. The van der Waals surface area contributed by atoms with Gasteiger partial charge in [0, 0.05) is 22.5 Å². The summed E-state index contributed by atoms with van der Waals surface area (Å²) in [6.45, 7) is 4.37. The van der Waals surface area contributed by atoms with Gasteiger partial charge in [-0.25, -0.2) is 0 Å². The first-order chi connectivity index (χ1) is 16.7. The minimum atomic E-state index is 1.18. The predicted octanol–water partition coefficient (Wildman–Crippen LogP) is 8.03. The molecular weight excluding hydrogens is 412 g/mol. The fraction of sp³-hybridized carbons (Fsp3) is 0.0625. The van der Waals surface area contributed by atoms with Crippen LogP contribution < -0.4 is 5.73 Å². The molecule has 2 N–H and O–H groups in total. The van der Waals surface area contributed by atoms with E-state index in [0.717, 1.165) is 0 Å². The molecule has 0 aliphatic heterocycles. The number of nitrogens with zero attached hydrogens (tertiary/aromatic N) is 1. The molecule has 0 amide bonds. The van der Waals surface area contributed by atoms with Crippen LogP contribution in [0.3, 0.4) is 0 Å². The van der Waals surface area contributed by atoms with Crippen LogP contribution in [-0.2, 0) is 0 Å². The Morgan fingerprint density at radius 3 is 2.29 bits per heavy atom. The lowest BCUT2D eigenvalue weighted by Crippen LogP contribution is -1.93. The average Bonchev–Trinajstić information content (AvgIpc) is 3.33. The van der Waals surface area contributed by atoms with Gasteiger partial charge in [0.25, 0.3) is 0 Å². The van der Waals surface area contributed by atoms with E-state index in [1.54, 1.807) is 6.20 Å². The van der Waals surface area contributed by atoms with Crippen molar-refractivity contribution in [1.82, 2.24) is 4.57 Å². The quantitative estimate of drug-likeness (QED) is 0.304. The van der Waals surface area contributed by atoms with Gasteiger partial charge in [-0.1, -0.05) is 72.8 Å². The maximum absolute atomic E-state index is 5.88. The first-order valence-corrected chi connectivity index (χ1v) is 11.7. The lowest BCUT2D eigenvalue weighted by atomic mass is 9.98. The van der Waals surface area contributed by atoms with Crippen LogP contribution >= 0.6 is 0 Å². The van der Waals surface area contributed by atoms with Crippen molar-refractivity contribution in [3.8, 4) is 11.1 Å². The van der Waals surface area contributed by atoms with E-state index in [-0.39, 0.29) is 0 Å². The fourth-order valence-corrected chi connectivity index (χ4v) is 5.35. The van der Waals surface area contributed by atoms with Crippen molar-refractivity contribution in [3.05, 3.63) is 126 Å². The lowest BCUT2D eigenvalue weighted by molar-refractivity contribution is 1.29. The molecule has 164 valence electrons. The first kappa shape index (κ1) is 20.3. The zero-order valence-corrected chi connectivity index (χ0v) is 19.4. The SMILES string of the molecule is CC1=C(/C=C\N)/C(=C/n2c3ccccc3c3cc(-c4ccccc4)ccc32)c2c(C)cccc21. The number of benzene rings is 4. The standard InChI is InChI=1S/C32H26N2/c1-21-9-8-13-26-22(2)25(17-18-33)29(32(21)26)20-34-30-14-7-6-12-27(30)28-19-24(15-16-31(28)34)23-10-4-3-5-11-23/h3-20H,33H2,1-2H3/b18-17-,29-20-. The van der Waals surface area contributed by atoms with E-state index in [1.807, 2.05) is 6.08 Å². The Balaban J connectivity index is 1.65. The normalized spacial score (nSPS) is 14.7. The Labute approximate surface area is 200 Å². The molecule has 34 heavy (non-hydrogen) atoms. The van der Waals surface area contributed by atoms with Gasteiger partial charge in [-0.05, 0) is 83.3 Å². The lowest BCUT2D eigenvalue weighted by Gasteiger charge is -2.10. The number of nitrogens with two attached hydrogens (primary N) is 1. The molecule has 0 fully saturated rings. The Hall–Kier alpha value is -4.30. The molecule has 0 spiro atoms. The van der Waals surface area contributed by atoms with Crippen LogP contribution in [0.1, 0.15) is 23.6 Å². The number of allylic oxidation sites excluding steroid dienone is 4. The molecule has 0 saturated heterocycles. The number of rotatable bonds is 3. The zero-order valence-electron chi connectivity index (χ0n) is 19.4. The highest BCUT2D eigenvalue weighted by atomic mass is 15.0. The summed E-state index contributed by atoms with van der Waals surface area (Å²) in [4.78, 5) is 0. The summed E-state index contributed by atoms with van der Waals surface area (Å²) in [5, 5.41) is 2.51. The largest absolute Gasteiger partial charge is 0.405 e. The number of aromatic nitrogens is 1. The molecule has 4 aromatic carbocycles. The summed E-state index contributed by atoms with van der Waals surface area (Å²) in [5.74, 6) is 0. The summed E-state index contributed by atoms with van der Waals surface area (Å²) in [7, 11) is 0. The van der Waals surface area contributed by atoms with Gasteiger partial charge in [0.05, 0.1) is 11.0 Å². The third-order valence-electron chi connectivity index (χ3n) is 6.98. The van der Waals surface area contributed by atoms with E-state index >= 15 is 0 Å². The summed E-state index contributed by atoms with van der Waals surface area (Å²) in [6.07, 6.45) is 5.97. The highest BCUT2D eigenvalue weighted by Gasteiger charge is 2.24. The van der Waals surface area contributed by atoms with Crippen LogP contribution in [0.15, 0.2) is 109 Å². The second kappa shape index (κ2) is 7.93. The topological polar surface area (TPSA) is 30.9 Å². The zero-order chi connectivity index (χ0) is 23.2. The molecule has 2 heteroatoms. The fourth-order valence-electron chi connectivity index (χ4n) is 5.35. The van der Waals surface area contributed by atoms with Crippen molar-refractivity contribution >= 4 is 39.2 Å². The van der Waals surface area contributed by atoms with Crippen molar-refractivity contribution in [2.75, 3.05) is 0 Å². The number of fused-ring (bicyclic) bond motifs is 4. The highest BCUT2D eigenvalue weighted by Crippen LogP contribution is 2.44. The van der Waals surface area contributed by atoms with Gasteiger partial charge in [0.2, 0.25) is 0 Å². The first-order valence-electron chi connectivity index (χ1n) is 11.7. The molecule has 1 aromatic heterocycles.